The summed E-state index contributed by atoms with van der Waals surface area (Å²) in [5.41, 5.74) is 15.8. The molecule has 47 heavy (non-hydrogen) atoms. The maximum Gasteiger partial charge on any atom is 0.139 e. The normalized spacial score (nSPS) is 16.3. The largest absolute Gasteiger partial charge is 0.456 e. The standard InChI is InChI=1S/C46H42O/c1-8-44(2,3)42(33-18-13-17-32-31-16-11-12-19-40(31)47-43(32)33)28-20-22-30-34-25-39-35(26-38(34)46(6,7)37(30)24-28)41-29-15-10-9-14-27(29)21-23-36(41)45(39,4)5/h9-26,42H,8H2,1-7H3. The number of furan rings is 1. The maximum atomic E-state index is 6.63. The van der Waals surface area contributed by atoms with E-state index in [0.717, 1.165) is 17.6 Å². The second kappa shape index (κ2) is 9.48. The van der Waals surface area contributed by atoms with E-state index in [4.69, 9.17) is 4.42 Å². The van der Waals surface area contributed by atoms with E-state index in [1.165, 1.54) is 77.2 Å². The summed E-state index contributed by atoms with van der Waals surface area (Å²) in [5, 5.41) is 5.06. The van der Waals surface area contributed by atoms with Crippen LogP contribution in [0.25, 0.3) is 55.0 Å². The van der Waals surface area contributed by atoms with Gasteiger partial charge in [0, 0.05) is 33.1 Å². The fourth-order valence-corrected chi connectivity index (χ4v) is 9.18. The molecule has 0 amide bonds. The van der Waals surface area contributed by atoms with Gasteiger partial charge in [-0.25, -0.2) is 0 Å². The van der Waals surface area contributed by atoms with Crippen molar-refractivity contribution in [3.8, 4) is 22.3 Å². The Bertz CT molecular complexity index is 2430. The summed E-state index contributed by atoms with van der Waals surface area (Å²) in [4.78, 5) is 0. The van der Waals surface area contributed by atoms with Crippen LogP contribution in [0.1, 0.15) is 94.2 Å². The molecule has 0 fully saturated rings. The summed E-state index contributed by atoms with van der Waals surface area (Å²) in [6, 6.07) is 41.2. The number of hydrogen-bond acceptors (Lipinski definition) is 1. The van der Waals surface area contributed by atoms with Crippen LogP contribution < -0.4 is 0 Å². The molecule has 0 N–H and O–H groups in total. The average Bonchev–Trinajstić information content (AvgIpc) is 3.64. The monoisotopic (exact) mass is 610 g/mol. The molecule has 7 aromatic rings. The van der Waals surface area contributed by atoms with Gasteiger partial charge in [-0.1, -0.05) is 146 Å². The second-order valence-corrected chi connectivity index (χ2v) is 15.8. The van der Waals surface area contributed by atoms with Crippen LogP contribution in [0, 0.1) is 5.41 Å². The first-order valence-corrected chi connectivity index (χ1v) is 17.3. The predicted molar refractivity (Wildman–Crippen MR) is 199 cm³/mol. The first kappa shape index (κ1) is 28.6. The SMILES string of the molecule is CCC(C)(C)C(c1ccc2c(c1)C(C)(C)c1cc3c(cc1-2)C(C)(C)c1ccc2ccccc2c1-3)c1cccc2c1oc1ccccc12. The van der Waals surface area contributed by atoms with Gasteiger partial charge in [0.1, 0.15) is 11.2 Å². The Morgan fingerprint density at radius 2 is 1.26 bits per heavy atom. The average molecular weight is 611 g/mol. The summed E-state index contributed by atoms with van der Waals surface area (Å²) in [5.74, 6) is 0.184. The van der Waals surface area contributed by atoms with Crippen molar-refractivity contribution in [3.05, 3.63) is 143 Å². The van der Waals surface area contributed by atoms with Gasteiger partial charge in [0.15, 0.2) is 0 Å². The Morgan fingerprint density at radius 3 is 2.06 bits per heavy atom. The smallest absolute Gasteiger partial charge is 0.139 e. The Balaban J connectivity index is 1.24. The highest BCUT2D eigenvalue weighted by atomic mass is 16.3. The minimum Gasteiger partial charge on any atom is -0.456 e. The van der Waals surface area contributed by atoms with Gasteiger partial charge >= 0.3 is 0 Å². The summed E-state index contributed by atoms with van der Waals surface area (Å²) in [7, 11) is 0. The van der Waals surface area contributed by atoms with Crippen LogP contribution in [0.2, 0.25) is 0 Å². The molecule has 0 saturated heterocycles. The van der Waals surface area contributed by atoms with Crippen molar-refractivity contribution in [1.29, 1.82) is 0 Å². The van der Waals surface area contributed by atoms with E-state index in [9.17, 15) is 0 Å². The highest BCUT2D eigenvalue weighted by molar-refractivity contribution is 6.06. The first-order valence-electron chi connectivity index (χ1n) is 17.3. The number of rotatable bonds is 4. The van der Waals surface area contributed by atoms with Crippen LogP contribution >= 0.6 is 0 Å². The van der Waals surface area contributed by atoms with Gasteiger partial charge in [-0.05, 0) is 84.5 Å². The molecular weight excluding hydrogens is 569 g/mol. The van der Waals surface area contributed by atoms with E-state index in [2.05, 4.69) is 158 Å². The number of hydrogen-bond donors (Lipinski definition) is 0. The highest BCUT2D eigenvalue weighted by Gasteiger charge is 2.43. The van der Waals surface area contributed by atoms with Crippen molar-refractivity contribution in [2.45, 2.75) is 71.6 Å². The number of fused-ring (bicyclic) bond motifs is 11. The van der Waals surface area contributed by atoms with Gasteiger partial charge in [0.05, 0.1) is 0 Å². The van der Waals surface area contributed by atoms with E-state index in [1.54, 1.807) is 0 Å². The van der Waals surface area contributed by atoms with E-state index in [0.29, 0.717) is 0 Å². The lowest BCUT2D eigenvalue weighted by Crippen LogP contribution is -2.23. The fourth-order valence-electron chi connectivity index (χ4n) is 9.18. The summed E-state index contributed by atoms with van der Waals surface area (Å²) in [6.45, 7) is 16.8. The van der Waals surface area contributed by atoms with Gasteiger partial charge in [0.2, 0.25) is 0 Å². The zero-order valence-electron chi connectivity index (χ0n) is 28.6. The Hall–Kier alpha value is -4.62. The Labute approximate surface area is 278 Å². The topological polar surface area (TPSA) is 13.1 Å². The minimum atomic E-state index is -0.126. The molecule has 0 radical (unpaired) electrons. The molecule has 0 saturated carbocycles. The molecule has 232 valence electrons. The molecule has 6 aromatic carbocycles. The van der Waals surface area contributed by atoms with Crippen molar-refractivity contribution in [1.82, 2.24) is 0 Å². The first-order chi connectivity index (χ1) is 22.5. The fraction of sp³-hybridized carbons (Fsp3) is 0.261. The van der Waals surface area contributed by atoms with Crippen LogP contribution in [0.5, 0.6) is 0 Å². The van der Waals surface area contributed by atoms with E-state index in [-0.39, 0.29) is 22.2 Å². The molecule has 1 atom stereocenters. The Morgan fingerprint density at radius 1 is 0.596 bits per heavy atom. The van der Waals surface area contributed by atoms with Gasteiger partial charge < -0.3 is 4.42 Å². The molecule has 9 rings (SSSR count). The lowest BCUT2D eigenvalue weighted by atomic mass is 9.68. The van der Waals surface area contributed by atoms with Crippen molar-refractivity contribution in [2.24, 2.45) is 5.41 Å². The third kappa shape index (κ3) is 3.78. The number of para-hydroxylation sites is 2. The Kier molecular flexibility index (Phi) is 5.76. The van der Waals surface area contributed by atoms with Gasteiger partial charge in [-0.2, -0.15) is 0 Å². The molecule has 0 aliphatic heterocycles. The molecule has 0 bridgehead atoms. The van der Waals surface area contributed by atoms with E-state index >= 15 is 0 Å². The van der Waals surface area contributed by atoms with Crippen LogP contribution in [0.4, 0.5) is 0 Å². The second-order valence-electron chi connectivity index (χ2n) is 15.8. The molecule has 1 aromatic heterocycles. The lowest BCUT2D eigenvalue weighted by molar-refractivity contribution is 0.305. The summed E-state index contributed by atoms with van der Waals surface area (Å²) >= 11 is 0. The van der Waals surface area contributed by atoms with Gasteiger partial charge in [0.25, 0.3) is 0 Å². The van der Waals surface area contributed by atoms with Crippen LogP contribution in [0.3, 0.4) is 0 Å². The van der Waals surface area contributed by atoms with Crippen LogP contribution in [-0.4, -0.2) is 0 Å². The third-order valence-electron chi connectivity index (χ3n) is 12.2. The van der Waals surface area contributed by atoms with Gasteiger partial charge in [-0.15, -0.1) is 0 Å². The molecule has 2 aliphatic carbocycles. The quantitative estimate of drug-likeness (QED) is 0.193. The minimum absolute atomic E-state index is 0.0209. The molecule has 0 spiro atoms. The van der Waals surface area contributed by atoms with Crippen molar-refractivity contribution >= 4 is 32.7 Å². The third-order valence-corrected chi connectivity index (χ3v) is 12.2. The van der Waals surface area contributed by atoms with Crippen molar-refractivity contribution in [3.63, 3.8) is 0 Å². The highest BCUT2D eigenvalue weighted by Crippen LogP contribution is 2.58. The van der Waals surface area contributed by atoms with Crippen molar-refractivity contribution in [2.75, 3.05) is 0 Å². The molecule has 1 heteroatoms. The molecule has 1 heterocycles. The van der Waals surface area contributed by atoms with Crippen LogP contribution in [0.15, 0.2) is 114 Å². The molecule has 1 unspecified atom stereocenters. The molecule has 1 nitrogen and oxygen atoms in total. The van der Waals surface area contributed by atoms with Crippen LogP contribution in [-0.2, 0) is 10.8 Å². The van der Waals surface area contributed by atoms with Gasteiger partial charge in [-0.3, -0.25) is 0 Å². The molecular formula is C46H42O. The summed E-state index contributed by atoms with van der Waals surface area (Å²) < 4.78 is 6.63. The maximum absolute atomic E-state index is 6.63. The molecule has 2 aliphatic rings. The van der Waals surface area contributed by atoms with Crippen molar-refractivity contribution < 1.29 is 4.42 Å². The lowest BCUT2D eigenvalue weighted by Gasteiger charge is -2.35. The predicted octanol–water partition coefficient (Wildman–Crippen LogP) is 12.9. The zero-order valence-corrected chi connectivity index (χ0v) is 28.6. The zero-order chi connectivity index (χ0) is 32.5. The summed E-state index contributed by atoms with van der Waals surface area (Å²) in [6.07, 6.45) is 1.06. The van der Waals surface area contributed by atoms with E-state index < -0.39 is 0 Å². The van der Waals surface area contributed by atoms with E-state index in [1.807, 2.05) is 0 Å². The number of benzene rings is 6.